The van der Waals surface area contributed by atoms with Crippen LogP contribution in [0.3, 0.4) is 0 Å². The van der Waals surface area contributed by atoms with E-state index in [4.69, 9.17) is 5.26 Å². The van der Waals surface area contributed by atoms with Gasteiger partial charge >= 0.3 is 0 Å². The highest BCUT2D eigenvalue weighted by atomic mass is 16.3. The molecule has 3 nitrogen and oxygen atoms in total. The van der Waals surface area contributed by atoms with E-state index in [1.165, 1.54) is 11.1 Å². The first-order chi connectivity index (χ1) is 10.8. The van der Waals surface area contributed by atoms with Gasteiger partial charge in [-0.05, 0) is 36.2 Å². The Labute approximate surface area is 131 Å². The van der Waals surface area contributed by atoms with Gasteiger partial charge in [0.1, 0.15) is 0 Å². The molecule has 0 aliphatic carbocycles. The highest BCUT2D eigenvalue weighted by molar-refractivity contribution is 5.31. The number of nitrogens with zero attached hydrogens (tertiary/aromatic N) is 2. The van der Waals surface area contributed by atoms with E-state index in [0.717, 1.165) is 19.5 Å². The average molecular weight is 292 g/mol. The molecule has 2 atom stereocenters. The molecule has 0 bridgehead atoms. The van der Waals surface area contributed by atoms with Crippen LogP contribution in [-0.2, 0) is 6.54 Å². The van der Waals surface area contributed by atoms with Gasteiger partial charge in [-0.1, -0.05) is 42.5 Å². The maximum atomic E-state index is 10.5. The number of aliphatic hydroxyl groups excluding tert-OH is 1. The van der Waals surface area contributed by atoms with Crippen LogP contribution in [0.5, 0.6) is 0 Å². The SMILES string of the molecule is N#Cc1ccc(CN2CC[C@H](c3ccccc3)[C@H](O)C2)cc1. The van der Waals surface area contributed by atoms with Crippen LogP contribution in [-0.4, -0.2) is 29.2 Å². The Morgan fingerprint density at radius 2 is 1.82 bits per heavy atom. The van der Waals surface area contributed by atoms with Gasteiger partial charge in [0.15, 0.2) is 0 Å². The summed E-state index contributed by atoms with van der Waals surface area (Å²) in [6.45, 7) is 2.50. The van der Waals surface area contributed by atoms with E-state index >= 15 is 0 Å². The molecular weight excluding hydrogens is 272 g/mol. The molecular formula is C19H20N2O. The second-order valence-electron chi connectivity index (χ2n) is 5.92. The van der Waals surface area contributed by atoms with E-state index in [-0.39, 0.29) is 12.0 Å². The largest absolute Gasteiger partial charge is 0.391 e. The van der Waals surface area contributed by atoms with Gasteiger partial charge in [-0.15, -0.1) is 0 Å². The Morgan fingerprint density at radius 1 is 1.09 bits per heavy atom. The summed E-state index contributed by atoms with van der Waals surface area (Å²) in [6.07, 6.45) is 0.649. The van der Waals surface area contributed by atoms with Crippen molar-refractivity contribution >= 4 is 0 Å². The first-order valence-electron chi connectivity index (χ1n) is 7.70. The molecule has 3 heteroatoms. The molecule has 3 rings (SSSR count). The molecule has 22 heavy (non-hydrogen) atoms. The standard InChI is InChI=1S/C19H20N2O/c20-12-15-6-8-16(9-7-15)13-21-11-10-18(19(22)14-21)17-4-2-1-3-5-17/h1-9,18-19,22H,10-11,13-14H2/t18-,19-/m1/s1. The van der Waals surface area contributed by atoms with Crippen molar-refractivity contribution in [1.29, 1.82) is 5.26 Å². The first-order valence-corrected chi connectivity index (χ1v) is 7.70. The highest BCUT2D eigenvalue weighted by Gasteiger charge is 2.28. The zero-order valence-electron chi connectivity index (χ0n) is 12.5. The summed E-state index contributed by atoms with van der Waals surface area (Å²) in [5.74, 6) is 0.235. The number of hydrogen-bond acceptors (Lipinski definition) is 3. The van der Waals surface area contributed by atoms with Crippen LogP contribution < -0.4 is 0 Å². The number of hydrogen-bond donors (Lipinski definition) is 1. The fraction of sp³-hybridized carbons (Fsp3) is 0.316. The predicted molar refractivity (Wildman–Crippen MR) is 86.2 cm³/mol. The molecule has 0 aromatic heterocycles. The van der Waals surface area contributed by atoms with Crippen LogP contribution in [0.25, 0.3) is 0 Å². The summed E-state index contributed by atoms with van der Waals surface area (Å²) in [7, 11) is 0. The molecule has 1 heterocycles. The van der Waals surface area contributed by atoms with Gasteiger partial charge in [-0.3, -0.25) is 4.90 Å². The molecule has 112 valence electrons. The maximum absolute atomic E-state index is 10.5. The highest BCUT2D eigenvalue weighted by Crippen LogP contribution is 2.28. The number of β-amino-alcohol motifs (C(OH)–C–C–N with tert-alkyl or cyclic N) is 1. The molecule has 1 aliphatic rings. The number of rotatable bonds is 3. The molecule has 1 N–H and O–H groups in total. The molecule has 0 radical (unpaired) electrons. The third-order valence-electron chi connectivity index (χ3n) is 4.38. The number of likely N-dealkylation sites (tertiary alicyclic amines) is 1. The lowest BCUT2D eigenvalue weighted by Crippen LogP contribution is -2.42. The zero-order valence-corrected chi connectivity index (χ0v) is 12.5. The van der Waals surface area contributed by atoms with Crippen molar-refractivity contribution in [2.45, 2.75) is 25.0 Å². The lowest BCUT2D eigenvalue weighted by molar-refractivity contribution is 0.0477. The summed E-state index contributed by atoms with van der Waals surface area (Å²) >= 11 is 0. The van der Waals surface area contributed by atoms with Gasteiger partial charge < -0.3 is 5.11 Å². The first kappa shape index (κ1) is 14.8. The number of piperidine rings is 1. The van der Waals surface area contributed by atoms with Crippen LogP contribution >= 0.6 is 0 Å². The Hall–Kier alpha value is -2.15. The van der Waals surface area contributed by atoms with Gasteiger partial charge in [0.05, 0.1) is 17.7 Å². The topological polar surface area (TPSA) is 47.3 Å². The second kappa shape index (κ2) is 6.74. The molecule has 1 aliphatic heterocycles. The smallest absolute Gasteiger partial charge is 0.0991 e. The number of nitriles is 1. The fourth-order valence-electron chi connectivity index (χ4n) is 3.17. The minimum atomic E-state index is -0.325. The van der Waals surface area contributed by atoms with E-state index in [0.29, 0.717) is 12.1 Å². The summed E-state index contributed by atoms with van der Waals surface area (Å²) in [6, 6.07) is 20.1. The summed E-state index contributed by atoms with van der Waals surface area (Å²) in [5, 5.41) is 19.3. The third kappa shape index (κ3) is 3.36. The Bertz CT molecular complexity index is 645. The van der Waals surface area contributed by atoms with Crippen molar-refractivity contribution in [2.24, 2.45) is 0 Å². The van der Waals surface area contributed by atoms with Crippen LogP contribution in [0.2, 0.25) is 0 Å². The van der Waals surface area contributed by atoms with E-state index in [1.54, 1.807) is 0 Å². The molecule has 2 aromatic carbocycles. The van der Waals surface area contributed by atoms with Crippen LogP contribution in [0, 0.1) is 11.3 Å². The maximum Gasteiger partial charge on any atom is 0.0991 e. The van der Waals surface area contributed by atoms with Crippen LogP contribution in [0.15, 0.2) is 54.6 Å². The lowest BCUT2D eigenvalue weighted by atomic mass is 9.87. The van der Waals surface area contributed by atoms with E-state index in [9.17, 15) is 5.11 Å². The average Bonchev–Trinajstić information content (AvgIpc) is 2.56. The molecule has 1 saturated heterocycles. The Balaban J connectivity index is 1.61. The molecule has 0 saturated carbocycles. The molecule has 0 unspecified atom stereocenters. The molecule has 1 fully saturated rings. The van der Waals surface area contributed by atoms with E-state index in [2.05, 4.69) is 23.1 Å². The zero-order chi connectivity index (χ0) is 15.4. The van der Waals surface area contributed by atoms with Gasteiger partial charge in [0.2, 0.25) is 0 Å². The minimum absolute atomic E-state index is 0.235. The van der Waals surface area contributed by atoms with Gasteiger partial charge in [-0.25, -0.2) is 0 Å². The summed E-state index contributed by atoms with van der Waals surface area (Å²) < 4.78 is 0. The summed E-state index contributed by atoms with van der Waals surface area (Å²) in [5.41, 5.74) is 3.10. The van der Waals surface area contributed by atoms with Gasteiger partial charge in [0, 0.05) is 19.0 Å². The monoisotopic (exact) mass is 292 g/mol. The Kier molecular flexibility index (Phi) is 4.53. The van der Waals surface area contributed by atoms with Crippen molar-refractivity contribution < 1.29 is 5.11 Å². The Morgan fingerprint density at radius 3 is 2.45 bits per heavy atom. The van der Waals surface area contributed by atoms with Crippen molar-refractivity contribution in [3.8, 4) is 6.07 Å². The van der Waals surface area contributed by atoms with Crippen molar-refractivity contribution in [3.05, 3.63) is 71.3 Å². The van der Waals surface area contributed by atoms with Gasteiger partial charge in [0.25, 0.3) is 0 Å². The quantitative estimate of drug-likeness (QED) is 0.946. The lowest BCUT2D eigenvalue weighted by Gasteiger charge is -2.36. The molecule has 0 spiro atoms. The fourth-order valence-corrected chi connectivity index (χ4v) is 3.17. The van der Waals surface area contributed by atoms with Crippen molar-refractivity contribution in [1.82, 2.24) is 4.90 Å². The number of benzene rings is 2. The van der Waals surface area contributed by atoms with Gasteiger partial charge in [-0.2, -0.15) is 5.26 Å². The number of aliphatic hydroxyl groups is 1. The normalized spacial score (nSPS) is 22.2. The molecule has 0 amide bonds. The van der Waals surface area contributed by atoms with Crippen LogP contribution in [0.1, 0.15) is 29.0 Å². The summed E-state index contributed by atoms with van der Waals surface area (Å²) in [4.78, 5) is 2.28. The second-order valence-corrected chi connectivity index (χ2v) is 5.92. The van der Waals surface area contributed by atoms with Crippen molar-refractivity contribution in [3.63, 3.8) is 0 Å². The van der Waals surface area contributed by atoms with E-state index < -0.39 is 0 Å². The van der Waals surface area contributed by atoms with Crippen LogP contribution in [0.4, 0.5) is 0 Å². The predicted octanol–water partition coefficient (Wildman–Crippen LogP) is 2.91. The van der Waals surface area contributed by atoms with E-state index in [1.807, 2.05) is 42.5 Å². The third-order valence-corrected chi connectivity index (χ3v) is 4.38. The minimum Gasteiger partial charge on any atom is -0.391 e. The molecule has 2 aromatic rings. The van der Waals surface area contributed by atoms with Crippen molar-refractivity contribution in [2.75, 3.05) is 13.1 Å².